The van der Waals surface area contributed by atoms with Crippen LogP contribution in [0.1, 0.15) is 28.8 Å². The van der Waals surface area contributed by atoms with Crippen molar-refractivity contribution in [2.24, 2.45) is 5.16 Å². The van der Waals surface area contributed by atoms with Gasteiger partial charge in [0.1, 0.15) is 7.11 Å². The molecule has 0 radical (unpaired) electrons. The van der Waals surface area contributed by atoms with Crippen molar-refractivity contribution in [2.75, 3.05) is 26.8 Å². The van der Waals surface area contributed by atoms with E-state index in [1.807, 2.05) is 36.4 Å². The van der Waals surface area contributed by atoms with Crippen LogP contribution in [-0.2, 0) is 9.63 Å². The van der Waals surface area contributed by atoms with Gasteiger partial charge in [-0.15, -0.1) is 0 Å². The van der Waals surface area contributed by atoms with Crippen LogP contribution in [-0.4, -0.2) is 60.4 Å². The van der Waals surface area contributed by atoms with Crippen LogP contribution in [0.2, 0.25) is 0 Å². The summed E-state index contributed by atoms with van der Waals surface area (Å²) in [5.74, 6) is -0.354. The Balaban J connectivity index is 1.77. The predicted octanol–water partition coefficient (Wildman–Crippen LogP) is 2.38. The summed E-state index contributed by atoms with van der Waals surface area (Å²) in [6.45, 7) is 2.45. The number of nitrogens with one attached hydrogen (secondary N) is 1. The number of aryl methyl sites for hydroxylation is 1. The molecule has 1 atom stereocenters. The van der Waals surface area contributed by atoms with Gasteiger partial charge in [0.15, 0.2) is 0 Å². The standard InChI is InChI=1S/C23H27N3O4/c1-16-5-3-4-6-21(16)17-7-9-18(10-8-17)23(29)26-15-19(25-30-2)13-20(26)14-22(28)24-11-12-27/h3-10,20,27H,11-15H2,1-2H3,(H,24,28)/t20-/m0/s1. The normalized spacial score (nSPS) is 17.2. The molecule has 0 aliphatic carbocycles. The van der Waals surface area contributed by atoms with E-state index in [9.17, 15) is 9.59 Å². The molecule has 1 aliphatic rings. The molecule has 0 spiro atoms. The number of benzene rings is 2. The second-order valence-corrected chi connectivity index (χ2v) is 7.30. The lowest BCUT2D eigenvalue weighted by Crippen LogP contribution is -2.39. The van der Waals surface area contributed by atoms with Crippen molar-refractivity contribution in [3.63, 3.8) is 0 Å². The molecule has 1 saturated heterocycles. The zero-order chi connectivity index (χ0) is 21.5. The first kappa shape index (κ1) is 21.5. The lowest BCUT2D eigenvalue weighted by atomic mass is 9.99. The number of hydrogen-bond acceptors (Lipinski definition) is 5. The van der Waals surface area contributed by atoms with Crippen molar-refractivity contribution in [3.8, 4) is 11.1 Å². The van der Waals surface area contributed by atoms with Gasteiger partial charge in [-0.2, -0.15) is 0 Å². The van der Waals surface area contributed by atoms with E-state index in [2.05, 4.69) is 29.5 Å². The number of hydrogen-bond donors (Lipinski definition) is 2. The van der Waals surface area contributed by atoms with Crippen molar-refractivity contribution < 1.29 is 19.5 Å². The van der Waals surface area contributed by atoms with Crippen molar-refractivity contribution in [2.45, 2.75) is 25.8 Å². The number of aliphatic hydroxyl groups excluding tert-OH is 1. The number of amides is 2. The van der Waals surface area contributed by atoms with Crippen LogP contribution in [0.4, 0.5) is 0 Å². The highest BCUT2D eigenvalue weighted by atomic mass is 16.6. The molecule has 2 N–H and O–H groups in total. The van der Waals surface area contributed by atoms with Crippen molar-refractivity contribution >= 4 is 17.5 Å². The summed E-state index contributed by atoms with van der Waals surface area (Å²) in [4.78, 5) is 31.8. The second kappa shape index (κ2) is 10.0. The molecule has 1 aliphatic heterocycles. The molecular weight excluding hydrogens is 382 g/mol. The largest absolute Gasteiger partial charge is 0.399 e. The van der Waals surface area contributed by atoms with Crippen LogP contribution in [0.5, 0.6) is 0 Å². The first-order valence-electron chi connectivity index (χ1n) is 9.97. The van der Waals surface area contributed by atoms with Gasteiger partial charge in [0.05, 0.1) is 18.9 Å². The van der Waals surface area contributed by atoms with E-state index in [0.29, 0.717) is 18.5 Å². The van der Waals surface area contributed by atoms with Gasteiger partial charge < -0.3 is 20.2 Å². The summed E-state index contributed by atoms with van der Waals surface area (Å²) in [7, 11) is 1.46. The number of oxime groups is 1. The average molecular weight is 409 g/mol. The summed E-state index contributed by atoms with van der Waals surface area (Å²) >= 11 is 0. The number of carbonyl (C=O) groups excluding carboxylic acids is 2. The van der Waals surface area contributed by atoms with E-state index in [0.717, 1.165) is 16.8 Å². The molecule has 7 nitrogen and oxygen atoms in total. The Hall–Kier alpha value is -3.19. The molecule has 2 aromatic rings. The highest BCUT2D eigenvalue weighted by molar-refractivity contribution is 6.01. The molecule has 0 bridgehead atoms. The maximum atomic E-state index is 13.2. The number of carbonyl (C=O) groups is 2. The zero-order valence-electron chi connectivity index (χ0n) is 17.3. The first-order chi connectivity index (χ1) is 14.5. The van der Waals surface area contributed by atoms with Crippen LogP contribution in [0, 0.1) is 6.92 Å². The maximum absolute atomic E-state index is 13.2. The van der Waals surface area contributed by atoms with Gasteiger partial charge in [0, 0.05) is 31.0 Å². The fourth-order valence-electron chi connectivity index (χ4n) is 3.72. The third kappa shape index (κ3) is 5.04. The minimum absolute atomic E-state index is 0.122. The molecule has 30 heavy (non-hydrogen) atoms. The SMILES string of the molecule is CON=C1C[C@@H](CC(=O)NCCO)N(C(=O)c2ccc(-c3ccccc3C)cc2)C1. The van der Waals surface area contributed by atoms with E-state index in [1.54, 1.807) is 4.90 Å². The molecule has 1 heterocycles. The molecule has 0 unspecified atom stereocenters. The number of rotatable bonds is 7. The van der Waals surface area contributed by atoms with Crippen LogP contribution in [0.25, 0.3) is 11.1 Å². The maximum Gasteiger partial charge on any atom is 0.254 e. The quantitative estimate of drug-likeness (QED) is 0.687. The number of likely N-dealkylation sites (tertiary alicyclic amines) is 1. The zero-order valence-corrected chi connectivity index (χ0v) is 17.3. The fraction of sp³-hybridized carbons (Fsp3) is 0.348. The third-order valence-electron chi connectivity index (χ3n) is 5.19. The van der Waals surface area contributed by atoms with Crippen LogP contribution in [0.15, 0.2) is 53.7 Å². The van der Waals surface area contributed by atoms with Gasteiger partial charge in [0.25, 0.3) is 5.91 Å². The molecule has 0 saturated carbocycles. The Morgan fingerprint density at radius 3 is 2.60 bits per heavy atom. The van der Waals surface area contributed by atoms with E-state index >= 15 is 0 Å². The summed E-state index contributed by atoms with van der Waals surface area (Å²) < 4.78 is 0. The summed E-state index contributed by atoms with van der Waals surface area (Å²) in [6, 6.07) is 15.3. The van der Waals surface area contributed by atoms with Crippen molar-refractivity contribution in [1.82, 2.24) is 10.2 Å². The minimum Gasteiger partial charge on any atom is -0.399 e. The third-order valence-corrected chi connectivity index (χ3v) is 5.19. The van der Waals surface area contributed by atoms with Gasteiger partial charge in [-0.3, -0.25) is 9.59 Å². The molecule has 7 heteroatoms. The van der Waals surface area contributed by atoms with Gasteiger partial charge >= 0.3 is 0 Å². The Labute approximate surface area is 176 Å². The topological polar surface area (TPSA) is 91.2 Å². The molecular formula is C23H27N3O4. The Morgan fingerprint density at radius 2 is 1.93 bits per heavy atom. The highest BCUT2D eigenvalue weighted by Gasteiger charge is 2.35. The van der Waals surface area contributed by atoms with E-state index < -0.39 is 0 Å². The Morgan fingerprint density at radius 1 is 1.20 bits per heavy atom. The lowest BCUT2D eigenvalue weighted by Gasteiger charge is -2.24. The van der Waals surface area contributed by atoms with Crippen molar-refractivity contribution in [1.29, 1.82) is 0 Å². The molecule has 0 aromatic heterocycles. The number of aliphatic hydroxyl groups is 1. The van der Waals surface area contributed by atoms with Crippen LogP contribution in [0.3, 0.4) is 0 Å². The van der Waals surface area contributed by atoms with E-state index in [4.69, 9.17) is 9.94 Å². The minimum atomic E-state index is -0.305. The predicted molar refractivity (Wildman–Crippen MR) is 115 cm³/mol. The number of nitrogens with zero attached hydrogens (tertiary/aromatic N) is 2. The summed E-state index contributed by atoms with van der Waals surface area (Å²) in [6.07, 6.45) is 0.628. The molecule has 2 amide bonds. The molecule has 2 aromatic carbocycles. The lowest BCUT2D eigenvalue weighted by molar-refractivity contribution is -0.122. The van der Waals surface area contributed by atoms with Gasteiger partial charge in [-0.1, -0.05) is 41.6 Å². The van der Waals surface area contributed by atoms with Gasteiger partial charge in [0.2, 0.25) is 5.91 Å². The summed E-state index contributed by atoms with van der Waals surface area (Å²) in [5, 5.41) is 15.5. The van der Waals surface area contributed by atoms with E-state index in [1.165, 1.54) is 12.7 Å². The molecule has 158 valence electrons. The molecule has 1 fully saturated rings. The Kier molecular flexibility index (Phi) is 7.19. The fourth-order valence-corrected chi connectivity index (χ4v) is 3.72. The summed E-state index contributed by atoms with van der Waals surface area (Å²) in [5.41, 5.74) is 4.64. The van der Waals surface area contributed by atoms with E-state index in [-0.39, 0.29) is 37.4 Å². The van der Waals surface area contributed by atoms with Crippen molar-refractivity contribution in [3.05, 3.63) is 59.7 Å². The monoisotopic (exact) mass is 409 g/mol. The van der Waals surface area contributed by atoms with Gasteiger partial charge in [-0.25, -0.2) is 0 Å². The van der Waals surface area contributed by atoms with Gasteiger partial charge in [-0.05, 0) is 35.7 Å². The highest BCUT2D eigenvalue weighted by Crippen LogP contribution is 2.26. The van der Waals surface area contributed by atoms with Crippen LogP contribution >= 0.6 is 0 Å². The smallest absolute Gasteiger partial charge is 0.254 e. The first-order valence-corrected chi connectivity index (χ1v) is 9.97. The average Bonchev–Trinajstić information content (AvgIpc) is 3.14. The second-order valence-electron chi connectivity index (χ2n) is 7.30. The van der Waals surface area contributed by atoms with Crippen LogP contribution < -0.4 is 5.32 Å². The Bertz CT molecular complexity index is 924. The molecule has 3 rings (SSSR count).